The molecule has 0 amide bonds. The molecule has 0 bridgehead atoms. The Balaban J connectivity index is 2.73. The predicted molar refractivity (Wildman–Crippen MR) is 61.7 cm³/mol. The first-order valence-electron chi connectivity index (χ1n) is 4.82. The standard InChI is InChI=1S/C11H13F2NO2S/c1-11(14,10(15)16-2)6-17-9-5-7(12)3-4-8(9)13/h3-5H,6,14H2,1-2H3. The number of hydrogen-bond acceptors (Lipinski definition) is 4. The number of halogens is 2. The molecule has 0 aliphatic carbocycles. The lowest BCUT2D eigenvalue weighted by molar-refractivity contribution is -0.145. The highest BCUT2D eigenvalue weighted by molar-refractivity contribution is 7.99. The van der Waals surface area contributed by atoms with E-state index in [9.17, 15) is 13.6 Å². The van der Waals surface area contributed by atoms with Gasteiger partial charge in [0.2, 0.25) is 0 Å². The number of benzene rings is 1. The highest BCUT2D eigenvalue weighted by atomic mass is 32.2. The molecule has 0 aromatic heterocycles. The summed E-state index contributed by atoms with van der Waals surface area (Å²) in [5, 5.41) is 0. The number of carbonyl (C=O) groups is 1. The van der Waals surface area contributed by atoms with E-state index < -0.39 is 23.1 Å². The van der Waals surface area contributed by atoms with Gasteiger partial charge < -0.3 is 10.5 Å². The summed E-state index contributed by atoms with van der Waals surface area (Å²) in [6.45, 7) is 1.48. The Bertz CT molecular complexity index is 424. The second-order valence-electron chi connectivity index (χ2n) is 3.77. The maximum absolute atomic E-state index is 13.3. The SMILES string of the molecule is COC(=O)C(C)(N)CSc1cc(F)ccc1F. The van der Waals surface area contributed by atoms with Gasteiger partial charge in [-0.05, 0) is 25.1 Å². The molecule has 6 heteroatoms. The molecule has 0 aliphatic heterocycles. The Labute approximate surface area is 102 Å². The van der Waals surface area contributed by atoms with Gasteiger partial charge in [-0.2, -0.15) is 0 Å². The summed E-state index contributed by atoms with van der Waals surface area (Å²) in [7, 11) is 1.22. The normalized spacial score (nSPS) is 14.2. The second-order valence-corrected chi connectivity index (χ2v) is 4.79. The van der Waals surface area contributed by atoms with Crippen molar-refractivity contribution in [2.75, 3.05) is 12.9 Å². The fraction of sp³-hybridized carbons (Fsp3) is 0.364. The first-order chi connectivity index (χ1) is 7.86. The number of rotatable bonds is 4. The molecule has 2 N–H and O–H groups in total. The number of nitrogens with two attached hydrogens (primary N) is 1. The third-order valence-electron chi connectivity index (χ3n) is 2.07. The van der Waals surface area contributed by atoms with Crippen molar-refractivity contribution < 1.29 is 18.3 Å². The average molecular weight is 261 g/mol. The van der Waals surface area contributed by atoms with Gasteiger partial charge in [-0.3, -0.25) is 4.79 Å². The molecule has 0 radical (unpaired) electrons. The Hall–Kier alpha value is -1.14. The van der Waals surface area contributed by atoms with Crippen LogP contribution in [0.15, 0.2) is 23.1 Å². The zero-order chi connectivity index (χ0) is 13.1. The predicted octanol–water partition coefficient (Wildman–Crippen LogP) is 1.95. The van der Waals surface area contributed by atoms with E-state index in [1.165, 1.54) is 14.0 Å². The molecule has 1 aromatic rings. The van der Waals surface area contributed by atoms with Gasteiger partial charge in [-0.15, -0.1) is 11.8 Å². The zero-order valence-electron chi connectivity index (χ0n) is 9.50. The summed E-state index contributed by atoms with van der Waals surface area (Å²) in [6, 6.07) is 3.12. The molecule has 0 aliphatic rings. The second kappa shape index (κ2) is 5.46. The minimum absolute atomic E-state index is 0.0973. The van der Waals surface area contributed by atoms with E-state index in [2.05, 4.69) is 4.74 Å². The van der Waals surface area contributed by atoms with Crippen molar-refractivity contribution >= 4 is 17.7 Å². The molecule has 0 heterocycles. The highest BCUT2D eigenvalue weighted by Crippen LogP contribution is 2.25. The molecule has 3 nitrogen and oxygen atoms in total. The van der Waals surface area contributed by atoms with Gasteiger partial charge in [0, 0.05) is 10.6 Å². The summed E-state index contributed by atoms with van der Waals surface area (Å²) in [4.78, 5) is 11.4. The van der Waals surface area contributed by atoms with E-state index in [1.807, 2.05) is 0 Å². The zero-order valence-corrected chi connectivity index (χ0v) is 10.3. The van der Waals surface area contributed by atoms with Crippen LogP contribution in [0.4, 0.5) is 8.78 Å². The lowest BCUT2D eigenvalue weighted by atomic mass is 10.1. The number of methoxy groups -OCH3 is 1. The van der Waals surface area contributed by atoms with Crippen LogP contribution >= 0.6 is 11.8 Å². The monoisotopic (exact) mass is 261 g/mol. The topological polar surface area (TPSA) is 52.3 Å². The maximum atomic E-state index is 13.3. The van der Waals surface area contributed by atoms with Crippen LogP contribution in [0.3, 0.4) is 0 Å². The lowest BCUT2D eigenvalue weighted by Crippen LogP contribution is -2.48. The maximum Gasteiger partial charge on any atom is 0.326 e. The number of carbonyl (C=O) groups excluding carboxylic acids is 1. The van der Waals surface area contributed by atoms with Crippen molar-refractivity contribution in [1.29, 1.82) is 0 Å². The number of ether oxygens (including phenoxy) is 1. The van der Waals surface area contributed by atoms with E-state index in [1.54, 1.807) is 0 Å². The first kappa shape index (κ1) is 13.9. The van der Waals surface area contributed by atoms with Gasteiger partial charge in [-0.1, -0.05) is 0 Å². The van der Waals surface area contributed by atoms with Crippen LogP contribution < -0.4 is 5.73 Å². The summed E-state index contributed by atoms with van der Waals surface area (Å²) in [5.74, 6) is -1.58. The van der Waals surface area contributed by atoms with Crippen LogP contribution in [-0.4, -0.2) is 24.4 Å². The van der Waals surface area contributed by atoms with Crippen LogP contribution in [0.5, 0.6) is 0 Å². The van der Waals surface area contributed by atoms with E-state index in [-0.39, 0.29) is 10.6 Å². The Morgan fingerprint density at radius 3 is 2.76 bits per heavy atom. The van der Waals surface area contributed by atoms with Crippen molar-refractivity contribution in [1.82, 2.24) is 0 Å². The molecule has 0 fully saturated rings. The number of esters is 1. The summed E-state index contributed by atoms with van der Waals surface area (Å²) < 4.78 is 30.7. The van der Waals surface area contributed by atoms with Crippen LogP contribution in [0.1, 0.15) is 6.92 Å². The molecular weight excluding hydrogens is 248 g/mol. The fourth-order valence-electron chi connectivity index (χ4n) is 1.11. The highest BCUT2D eigenvalue weighted by Gasteiger charge is 2.29. The van der Waals surface area contributed by atoms with Gasteiger partial charge in [0.15, 0.2) is 0 Å². The third kappa shape index (κ3) is 3.67. The minimum Gasteiger partial charge on any atom is -0.468 e. The minimum atomic E-state index is -1.24. The van der Waals surface area contributed by atoms with Crippen LogP contribution in [0, 0.1) is 11.6 Å². The third-order valence-corrected chi connectivity index (χ3v) is 3.44. The molecule has 1 atom stereocenters. The lowest BCUT2D eigenvalue weighted by Gasteiger charge is -2.20. The summed E-state index contributed by atoms with van der Waals surface area (Å²) >= 11 is 0.971. The van der Waals surface area contributed by atoms with E-state index >= 15 is 0 Å². The largest absolute Gasteiger partial charge is 0.468 e. The van der Waals surface area contributed by atoms with Crippen molar-refractivity contribution in [3.63, 3.8) is 0 Å². The van der Waals surface area contributed by atoms with Crippen LogP contribution in [0.25, 0.3) is 0 Å². The summed E-state index contributed by atoms with van der Waals surface area (Å²) in [5.41, 5.74) is 4.46. The van der Waals surface area contributed by atoms with Gasteiger partial charge in [0.25, 0.3) is 0 Å². The Kier molecular flexibility index (Phi) is 4.47. The van der Waals surface area contributed by atoms with Crippen molar-refractivity contribution in [3.05, 3.63) is 29.8 Å². The van der Waals surface area contributed by atoms with Crippen molar-refractivity contribution in [2.24, 2.45) is 5.73 Å². The van der Waals surface area contributed by atoms with E-state index in [4.69, 9.17) is 5.73 Å². The van der Waals surface area contributed by atoms with E-state index in [0.29, 0.717) is 0 Å². The average Bonchev–Trinajstić information content (AvgIpc) is 2.29. The Morgan fingerprint density at radius 2 is 2.18 bits per heavy atom. The van der Waals surface area contributed by atoms with Crippen molar-refractivity contribution in [2.45, 2.75) is 17.4 Å². The number of hydrogen-bond donors (Lipinski definition) is 1. The molecular formula is C11H13F2NO2S. The fourth-order valence-corrected chi connectivity index (χ4v) is 2.08. The molecule has 1 unspecified atom stereocenters. The molecule has 17 heavy (non-hydrogen) atoms. The smallest absolute Gasteiger partial charge is 0.326 e. The quantitative estimate of drug-likeness (QED) is 0.665. The number of thioether (sulfide) groups is 1. The van der Waals surface area contributed by atoms with Crippen LogP contribution in [-0.2, 0) is 9.53 Å². The molecule has 1 aromatic carbocycles. The Morgan fingerprint density at radius 1 is 1.53 bits per heavy atom. The van der Waals surface area contributed by atoms with Gasteiger partial charge in [0.1, 0.15) is 17.2 Å². The molecule has 1 rings (SSSR count). The molecule has 0 saturated carbocycles. The van der Waals surface area contributed by atoms with Crippen molar-refractivity contribution in [3.8, 4) is 0 Å². The van der Waals surface area contributed by atoms with Gasteiger partial charge >= 0.3 is 5.97 Å². The first-order valence-corrected chi connectivity index (χ1v) is 5.80. The molecule has 0 spiro atoms. The molecule has 0 saturated heterocycles. The van der Waals surface area contributed by atoms with Crippen LogP contribution in [0.2, 0.25) is 0 Å². The summed E-state index contributed by atoms with van der Waals surface area (Å²) in [6.07, 6.45) is 0. The molecule has 94 valence electrons. The van der Waals surface area contributed by atoms with E-state index in [0.717, 1.165) is 30.0 Å². The van der Waals surface area contributed by atoms with Gasteiger partial charge in [-0.25, -0.2) is 8.78 Å². The van der Waals surface area contributed by atoms with Gasteiger partial charge in [0.05, 0.1) is 7.11 Å².